The number of rotatable bonds is 0. The van der Waals surface area contributed by atoms with E-state index in [1.807, 2.05) is 19.1 Å². The first-order valence-corrected chi connectivity index (χ1v) is 5.19. The van der Waals surface area contributed by atoms with Crippen molar-refractivity contribution in [2.24, 2.45) is 0 Å². The predicted octanol–water partition coefficient (Wildman–Crippen LogP) is 2.34. The zero-order valence-corrected chi connectivity index (χ0v) is 9.06. The number of hydrogen-bond acceptors (Lipinski definition) is 2. The Morgan fingerprint density at radius 1 is 1.54 bits per heavy atom. The summed E-state index contributed by atoms with van der Waals surface area (Å²) in [6.45, 7) is 2.62. The zero-order valence-electron chi connectivity index (χ0n) is 7.47. The highest BCUT2D eigenvalue weighted by Gasteiger charge is 2.35. The Balaban J connectivity index is 2.38. The van der Waals surface area contributed by atoms with Crippen LogP contribution in [0.5, 0.6) is 0 Å². The molecule has 2 nitrogen and oxygen atoms in total. The van der Waals surface area contributed by atoms with Gasteiger partial charge in [0.15, 0.2) is 5.78 Å². The van der Waals surface area contributed by atoms with Crippen LogP contribution in [0.2, 0.25) is 0 Å². The molecule has 0 amide bonds. The Bertz CT molecular complexity index is 285. The zero-order chi connectivity index (χ0) is 9.47. The maximum absolute atomic E-state index is 11.4. The van der Waals surface area contributed by atoms with Crippen LogP contribution >= 0.6 is 15.9 Å². The lowest BCUT2D eigenvalue weighted by Gasteiger charge is -2.25. The Hall–Kier alpha value is -0.410. The average Bonchev–Trinajstić information content (AvgIpc) is 2.49. The van der Waals surface area contributed by atoms with Crippen molar-refractivity contribution in [3.05, 3.63) is 22.2 Å². The van der Waals surface area contributed by atoms with Crippen LogP contribution in [-0.4, -0.2) is 18.0 Å². The molecule has 1 aliphatic heterocycles. The summed E-state index contributed by atoms with van der Waals surface area (Å²) < 4.78 is 6.27. The molecule has 70 valence electrons. The fourth-order valence-corrected chi connectivity index (χ4v) is 2.55. The van der Waals surface area contributed by atoms with Crippen molar-refractivity contribution >= 4 is 21.7 Å². The molecular weight excluding hydrogens is 232 g/mol. The molecule has 1 unspecified atom stereocenters. The summed E-state index contributed by atoms with van der Waals surface area (Å²) in [5, 5.41) is 0. The third kappa shape index (κ3) is 1.51. The summed E-state index contributed by atoms with van der Waals surface area (Å²) >= 11 is 3.27. The smallest absolute Gasteiger partial charge is 0.195 e. The molecule has 0 aromatic carbocycles. The van der Waals surface area contributed by atoms with Gasteiger partial charge in [-0.05, 0) is 53.4 Å². The average molecular weight is 243 g/mol. The van der Waals surface area contributed by atoms with E-state index in [2.05, 4.69) is 15.9 Å². The molecule has 13 heavy (non-hydrogen) atoms. The molecule has 0 saturated carbocycles. The largest absolute Gasteiger partial charge is 0.367 e. The molecule has 2 rings (SSSR count). The molecule has 1 heterocycles. The third-order valence-electron chi connectivity index (χ3n) is 2.49. The highest BCUT2D eigenvalue weighted by molar-refractivity contribution is 9.12. The van der Waals surface area contributed by atoms with Gasteiger partial charge in [-0.25, -0.2) is 0 Å². The number of ether oxygens (including phenoxy) is 1. The van der Waals surface area contributed by atoms with Crippen molar-refractivity contribution in [1.29, 1.82) is 0 Å². The second-order valence-electron chi connectivity index (χ2n) is 3.56. The highest BCUT2D eigenvalue weighted by Crippen LogP contribution is 2.35. The van der Waals surface area contributed by atoms with Crippen molar-refractivity contribution in [2.45, 2.75) is 25.4 Å². The Morgan fingerprint density at radius 3 is 2.85 bits per heavy atom. The number of carbonyl (C=O) groups excluding carboxylic acids is 1. The summed E-state index contributed by atoms with van der Waals surface area (Å²) in [5.41, 5.74) is 0.480. The van der Waals surface area contributed by atoms with Crippen LogP contribution in [0.15, 0.2) is 22.2 Å². The number of halogens is 1. The molecule has 0 aromatic heterocycles. The first-order chi connectivity index (χ1) is 6.13. The fraction of sp³-hybridized carbons (Fsp3) is 0.500. The third-order valence-corrected chi connectivity index (χ3v) is 3.08. The normalized spacial score (nSPS) is 33.5. The second kappa shape index (κ2) is 3.07. The number of carbonyl (C=O) groups is 1. The first-order valence-electron chi connectivity index (χ1n) is 4.39. The van der Waals surface area contributed by atoms with Gasteiger partial charge in [0.25, 0.3) is 0 Å². The van der Waals surface area contributed by atoms with Gasteiger partial charge in [0.2, 0.25) is 0 Å². The maximum atomic E-state index is 11.4. The van der Waals surface area contributed by atoms with Crippen LogP contribution in [0.3, 0.4) is 0 Å². The first kappa shape index (κ1) is 9.16. The van der Waals surface area contributed by atoms with E-state index in [-0.39, 0.29) is 11.4 Å². The summed E-state index contributed by atoms with van der Waals surface area (Å²) in [7, 11) is 0. The summed E-state index contributed by atoms with van der Waals surface area (Å²) in [5.74, 6) is 0.0705. The van der Waals surface area contributed by atoms with Gasteiger partial charge in [-0.3, -0.25) is 4.79 Å². The van der Waals surface area contributed by atoms with Gasteiger partial charge in [0.1, 0.15) is 5.60 Å². The molecule has 0 N–H and O–H groups in total. The van der Waals surface area contributed by atoms with E-state index in [0.29, 0.717) is 4.48 Å². The molecule has 0 radical (unpaired) electrons. The number of ketones is 1. The quantitative estimate of drug-likeness (QED) is 0.652. The number of hydrogen-bond donors (Lipinski definition) is 0. The van der Waals surface area contributed by atoms with Crippen LogP contribution in [-0.2, 0) is 9.53 Å². The van der Waals surface area contributed by atoms with Gasteiger partial charge in [-0.1, -0.05) is 0 Å². The van der Waals surface area contributed by atoms with Gasteiger partial charge in [0.05, 0.1) is 4.48 Å². The van der Waals surface area contributed by atoms with Crippen molar-refractivity contribution < 1.29 is 9.53 Å². The lowest BCUT2D eigenvalue weighted by molar-refractivity contribution is -0.112. The van der Waals surface area contributed by atoms with Crippen molar-refractivity contribution in [2.75, 3.05) is 6.61 Å². The van der Waals surface area contributed by atoms with Gasteiger partial charge in [-0.2, -0.15) is 0 Å². The molecule has 1 spiro atoms. The van der Waals surface area contributed by atoms with E-state index in [0.717, 1.165) is 25.0 Å². The van der Waals surface area contributed by atoms with Crippen LogP contribution < -0.4 is 0 Å². The summed E-state index contributed by atoms with van der Waals surface area (Å²) in [6, 6.07) is 0. The molecular formula is C10H11BrO2. The molecule has 0 aromatic rings. The lowest BCUT2D eigenvalue weighted by Crippen LogP contribution is -2.27. The van der Waals surface area contributed by atoms with Crippen molar-refractivity contribution in [3.63, 3.8) is 0 Å². The minimum Gasteiger partial charge on any atom is -0.367 e. The maximum Gasteiger partial charge on any atom is 0.195 e. The monoisotopic (exact) mass is 242 g/mol. The van der Waals surface area contributed by atoms with Gasteiger partial charge >= 0.3 is 0 Å². The van der Waals surface area contributed by atoms with Crippen LogP contribution in [0, 0.1) is 0 Å². The Morgan fingerprint density at radius 2 is 2.31 bits per heavy atom. The Labute approximate surface area is 85.8 Å². The van der Waals surface area contributed by atoms with Crippen LogP contribution in [0.1, 0.15) is 19.8 Å². The van der Waals surface area contributed by atoms with Crippen molar-refractivity contribution in [3.8, 4) is 0 Å². The van der Waals surface area contributed by atoms with E-state index >= 15 is 0 Å². The predicted molar refractivity (Wildman–Crippen MR) is 53.7 cm³/mol. The van der Waals surface area contributed by atoms with Crippen LogP contribution in [0.25, 0.3) is 0 Å². The van der Waals surface area contributed by atoms with E-state index in [4.69, 9.17) is 4.74 Å². The fourth-order valence-electron chi connectivity index (χ4n) is 1.85. The molecule has 1 fully saturated rings. The SMILES string of the molecule is CC1=CC2(C=C(Br)C1=O)CCCO2. The molecule has 1 atom stereocenters. The van der Waals surface area contributed by atoms with E-state index in [9.17, 15) is 4.79 Å². The van der Waals surface area contributed by atoms with Gasteiger partial charge in [0, 0.05) is 6.61 Å². The van der Waals surface area contributed by atoms with Gasteiger partial charge < -0.3 is 4.74 Å². The summed E-state index contributed by atoms with van der Waals surface area (Å²) in [4.78, 5) is 11.4. The highest BCUT2D eigenvalue weighted by atomic mass is 79.9. The minimum atomic E-state index is -0.295. The van der Waals surface area contributed by atoms with Crippen LogP contribution in [0.4, 0.5) is 0 Å². The minimum absolute atomic E-state index is 0.0705. The second-order valence-corrected chi connectivity index (χ2v) is 4.41. The molecule has 3 heteroatoms. The van der Waals surface area contributed by atoms with Crippen molar-refractivity contribution in [1.82, 2.24) is 0 Å². The summed E-state index contributed by atoms with van der Waals surface area (Å²) in [6.07, 6.45) is 5.86. The molecule has 2 aliphatic rings. The van der Waals surface area contributed by atoms with E-state index in [1.165, 1.54) is 0 Å². The molecule has 0 bridgehead atoms. The van der Waals surface area contributed by atoms with E-state index < -0.39 is 0 Å². The molecule has 1 saturated heterocycles. The van der Waals surface area contributed by atoms with E-state index in [1.54, 1.807) is 0 Å². The van der Waals surface area contributed by atoms with Gasteiger partial charge in [-0.15, -0.1) is 0 Å². The Kier molecular flexibility index (Phi) is 2.16. The number of Topliss-reactive ketones (excluding diaryl/α,β-unsaturated/α-hetero) is 1. The standard InChI is InChI=1S/C10H11BrO2/c1-7-5-10(3-2-4-13-10)6-8(11)9(7)12/h5-6H,2-4H2,1H3. The topological polar surface area (TPSA) is 26.3 Å². The molecule has 1 aliphatic carbocycles. The lowest BCUT2D eigenvalue weighted by atomic mass is 9.90. The number of allylic oxidation sites excluding steroid dienone is 2.